The Morgan fingerprint density at radius 2 is 1.10 bits per heavy atom. The van der Waals surface area contributed by atoms with Crippen LogP contribution in [0.2, 0.25) is 0 Å². The summed E-state index contributed by atoms with van der Waals surface area (Å²) in [4.78, 5) is 10.9. The van der Waals surface area contributed by atoms with E-state index in [0.717, 1.165) is 22.8 Å². The van der Waals surface area contributed by atoms with Gasteiger partial charge in [-0.2, -0.15) is 0 Å². The van der Waals surface area contributed by atoms with Crippen LogP contribution < -0.4 is 16.6 Å². The van der Waals surface area contributed by atoms with Gasteiger partial charge in [0.1, 0.15) is 0 Å². The molecule has 0 radical (unpaired) electrons. The summed E-state index contributed by atoms with van der Waals surface area (Å²) in [6, 6.07) is 31.6. The molecule has 2 aromatic heterocycles. The number of aryl methyl sites for hydroxylation is 8. The second kappa shape index (κ2) is 11.0. The molecule has 0 atom stereocenters. The third-order valence-electron chi connectivity index (χ3n) is 11.1. The summed E-state index contributed by atoms with van der Waals surface area (Å²) >= 11 is 0. The maximum Gasteiger partial charge on any atom is 0.291 e. The minimum absolute atomic E-state index is 0.0756. The fraction of sp³-hybridized carbons (Fsp3) is 0.244. The van der Waals surface area contributed by atoms with E-state index in [1.807, 2.05) is 0 Å². The Kier molecular flexibility index (Phi) is 7.05. The molecule has 3 nitrogen and oxygen atoms in total. The van der Waals surface area contributed by atoms with Crippen molar-refractivity contribution in [2.75, 3.05) is 0 Å². The summed E-state index contributed by atoms with van der Waals surface area (Å²) in [6.07, 6.45) is 0. The van der Waals surface area contributed by atoms with E-state index < -0.39 is 0 Å². The Hall–Kier alpha value is -4.96. The number of fused-ring (bicyclic) bond motifs is 7. The van der Waals surface area contributed by atoms with Crippen molar-refractivity contribution < 1.29 is 0 Å². The van der Waals surface area contributed by atoms with Crippen LogP contribution in [-0.2, 0) is 5.41 Å². The monoisotopic (exact) mass is 637 g/mol. The van der Waals surface area contributed by atoms with Crippen molar-refractivity contribution in [3.05, 3.63) is 141 Å². The molecule has 4 heteroatoms. The summed E-state index contributed by atoms with van der Waals surface area (Å²) in [5.74, 6) is 0. The summed E-state index contributed by atoms with van der Waals surface area (Å²) in [6.45, 7) is 22.3. The third-order valence-corrected chi connectivity index (χ3v) is 11.1. The molecule has 0 unspecified atom stereocenters. The first-order valence-electron chi connectivity index (χ1n) is 17.6. The summed E-state index contributed by atoms with van der Waals surface area (Å²) < 4.78 is 2.43. The van der Waals surface area contributed by atoms with Crippen molar-refractivity contribution in [2.45, 2.75) is 74.7 Å². The lowest BCUT2D eigenvalue weighted by Crippen LogP contribution is -2.58. The van der Waals surface area contributed by atoms with Gasteiger partial charge >= 0.3 is 0 Å². The fourth-order valence-corrected chi connectivity index (χ4v) is 9.46. The zero-order chi connectivity index (χ0) is 34.5. The Balaban J connectivity index is 1.40. The van der Waals surface area contributed by atoms with E-state index in [4.69, 9.17) is 9.97 Å². The van der Waals surface area contributed by atoms with Gasteiger partial charge in [-0.15, -0.1) is 0 Å². The van der Waals surface area contributed by atoms with Gasteiger partial charge in [0.2, 0.25) is 0 Å². The predicted molar refractivity (Wildman–Crippen MR) is 209 cm³/mol. The third kappa shape index (κ3) is 4.56. The van der Waals surface area contributed by atoms with Crippen LogP contribution in [0.15, 0.2) is 84.9 Å². The molecule has 0 bridgehead atoms. The molecule has 0 spiro atoms. The lowest BCUT2D eigenvalue weighted by molar-refractivity contribution is 0.666. The molecular formula is C45H44BN3. The van der Waals surface area contributed by atoms with E-state index in [1.54, 1.807) is 0 Å². The first-order valence-corrected chi connectivity index (χ1v) is 17.6. The molecule has 1 aliphatic rings. The van der Waals surface area contributed by atoms with E-state index in [2.05, 4.69) is 159 Å². The zero-order valence-electron chi connectivity index (χ0n) is 30.5. The van der Waals surface area contributed by atoms with Gasteiger partial charge in [-0.3, -0.25) is 0 Å². The number of hydrogen-bond donors (Lipinski definition) is 0. The molecule has 0 saturated heterocycles. The minimum atomic E-state index is -0.119. The van der Waals surface area contributed by atoms with Crippen molar-refractivity contribution in [1.29, 1.82) is 0 Å². The average Bonchev–Trinajstić information content (AvgIpc) is 3.48. The largest absolute Gasteiger partial charge is 0.306 e. The molecule has 2 heterocycles. The molecule has 0 fully saturated rings. The van der Waals surface area contributed by atoms with E-state index in [0.29, 0.717) is 0 Å². The average molecular weight is 638 g/mol. The quantitative estimate of drug-likeness (QED) is 0.181. The van der Waals surface area contributed by atoms with Crippen LogP contribution in [0.1, 0.15) is 69.7 Å². The molecule has 7 aromatic rings. The smallest absolute Gasteiger partial charge is 0.291 e. The molecule has 0 saturated carbocycles. The highest BCUT2D eigenvalue weighted by molar-refractivity contribution is 6.95. The van der Waals surface area contributed by atoms with Gasteiger partial charge < -0.3 is 4.57 Å². The minimum Gasteiger partial charge on any atom is -0.306 e. The van der Waals surface area contributed by atoms with Gasteiger partial charge in [0.15, 0.2) is 0 Å². The highest BCUT2D eigenvalue weighted by atomic mass is 15.0. The van der Waals surface area contributed by atoms with Crippen molar-refractivity contribution >= 4 is 45.2 Å². The topological polar surface area (TPSA) is 30.7 Å². The Morgan fingerprint density at radius 1 is 0.571 bits per heavy atom. The van der Waals surface area contributed by atoms with Crippen LogP contribution >= 0.6 is 0 Å². The van der Waals surface area contributed by atoms with Gasteiger partial charge in [-0.05, 0) is 89.8 Å². The van der Waals surface area contributed by atoms with Crippen LogP contribution in [0, 0.1) is 55.4 Å². The van der Waals surface area contributed by atoms with Crippen molar-refractivity contribution in [1.82, 2.24) is 14.5 Å². The second-order valence-corrected chi connectivity index (χ2v) is 15.1. The van der Waals surface area contributed by atoms with Crippen LogP contribution in [0.3, 0.4) is 0 Å². The SMILES string of the molecule is Cc1cc(C)c(B(c2nc(C)c(-n3c4ccccc4c4c5c(ccc43)-c3ccccc3C5(C)C)c(C)n2)c2c(C)cc(C)cc2C)c(C)c1. The number of rotatable bonds is 4. The van der Waals surface area contributed by atoms with Crippen LogP contribution in [0.5, 0.6) is 0 Å². The number of aromatic nitrogens is 3. The predicted octanol–water partition coefficient (Wildman–Crippen LogP) is 8.86. The summed E-state index contributed by atoms with van der Waals surface area (Å²) in [5.41, 5.74) is 22.0. The second-order valence-electron chi connectivity index (χ2n) is 15.1. The van der Waals surface area contributed by atoms with Crippen molar-refractivity contribution in [2.24, 2.45) is 0 Å². The molecular weight excluding hydrogens is 593 g/mol. The number of nitrogens with zero attached hydrogens (tertiary/aromatic N) is 3. The standard InChI is InChI=1S/C45H44BN3/c1-25-21-27(3)41(28(4)22-25)46(42-29(5)23-26(2)24-30(42)6)44-47-31(7)43(32(8)48-44)49-37-18-14-12-16-35(37)39-38(49)20-19-34-33-15-11-13-17-36(33)45(9,10)40(34)39/h11-24H,1-10H3. The Morgan fingerprint density at radius 3 is 1.69 bits per heavy atom. The lowest BCUT2D eigenvalue weighted by Gasteiger charge is -2.24. The van der Waals surface area contributed by atoms with E-state index >= 15 is 0 Å². The van der Waals surface area contributed by atoms with Gasteiger partial charge in [0.05, 0.1) is 33.8 Å². The first kappa shape index (κ1) is 31.3. The number of para-hydroxylation sites is 1. The normalized spacial score (nSPS) is 13.3. The fourth-order valence-electron chi connectivity index (χ4n) is 9.46. The van der Waals surface area contributed by atoms with Gasteiger partial charge in [-0.25, -0.2) is 9.97 Å². The van der Waals surface area contributed by atoms with Crippen LogP contribution in [0.4, 0.5) is 0 Å². The molecule has 1 aliphatic carbocycles. The number of benzene rings is 5. The molecule has 0 amide bonds. The lowest BCUT2D eigenvalue weighted by atomic mass is 9.37. The zero-order valence-corrected chi connectivity index (χ0v) is 30.5. The molecule has 8 rings (SSSR count). The van der Waals surface area contributed by atoms with Crippen molar-refractivity contribution in [3.8, 4) is 16.8 Å². The first-order chi connectivity index (χ1) is 23.4. The molecule has 242 valence electrons. The van der Waals surface area contributed by atoms with Crippen molar-refractivity contribution in [3.63, 3.8) is 0 Å². The molecule has 49 heavy (non-hydrogen) atoms. The van der Waals surface area contributed by atoms with Crippen LogP contribution in [0.25, 0.3) is 38.6 Å². The Labute approximate surface area is 291 Å². The molecule has 0 N–H and O–H groups in total. The van der Waals surface area contributed by atoms with Gasteiger partial charge in [-0.1, -0.05) is 131 Å². The van der Waals surface area contributed by atoms with E-state index in [1.165, 1.54) is 88.4 Å². The maximum absolute atomic E-state index is 5.47. The van der Waals surface area contributed by atoms with Gasteiger partial charge in [0.25, 0.3) is 6.71 Å². The highest BCUT2D eigenvalue weighted by Crippen LogP contribution is 2.53. The van der Waals surface area contributed by atoms with Gasteiger partial charge in [0, 0.05) is 16.2 Å². The highest BCUT2D eigenvalue weighted by Gasteiger charge is 2.38. The summed E-state index contributed by atoms with van der Waals surface area (Å²) in [5, 5.41) is 2.60. The maximum atomic E-state index is 5.47. The molecule has 5 aromatic carbocycles. The molecule has 0 aliphatic heterocycles. The number of hydrogen-bond acceptors (Lipinski definition) is 2. The summed E-state index contributed by atoms with van der Waals surface area (Å²) in [7, 11) is 0. The van der Waals surface area contributed by atoms with Crippen LogP contribution in [-0.4, -0.2) is 21.2 Å². The van der Waals surface area contributed by atoms with E-state index in [9.17, 15) is 0 Å². The Bertz CT molecular complexity index is 2390. The van der Waals surface area contributed by atoms with E-state index in [-0.39, 0.29) is 12.1 Å².